The highest BCUT2D eigenvalue weighted by Gasteiger charge is 2.29. The van der Waals surface area contributed by atoms with Gasteiger partial charge in [-0.1, -0.05) is 25.2 Å². The Hall–Kier alpha value is -0.570. The van der Waals surface area contributed by atoms with Crippen molar-refractivity contribution in [3.8, 4) is 0 Å². The van der Waals surface area contributed by atoms with Gasteiger partial charge in [-0.05, 0) is 19.3 Å². The highest BCUT2D eigenvalue weighted by molar-refractivity contribution is 7.09. The van der Waals surface area contributed by atoms with E-state index in [2.05, 4.69) is 18.8 Å². The summed E-state index contributed by atoms with van der Waals surface area (Å²) in [6.07, 6.45) is 3.49. The first-order valence-corrected chi connectivity index (χ1v) is 5.14. The van der Waals surface area contributed by atoms with Gasteiger partial charge >= 0.3 is 4.87 Å². The number of aryl methyl sites for hydroxylation is 1. The SMILES string of the molecule is CC1(C)CCCc2sc(=O)[nH]c21. The van der Waals surface area contributed by atoms with Crippen LogP contribution < -0.4 is 4.87 Å². The van der Waals surface area contributed by atoms with Gasteiger partial charge in [0.05, 0.1) is 0 Å². The summed E-state index contributed by atoms with van der Waals surface area (Å²) in [6, 6.07) is 0. The van der Waals surface area contributed by atoms with E-state index in [0.29, 0.717) is 0 Å². The average molecular weight is 183 g/mol. The molecule has 0 bridgehead atoms. The summed E-state index contributed by atoms with van der Waals surface area (Å²) in [5, 5.41) is 0. The molecule has 0 radical (unpaired) electrons. The first-order valence-electron chi connectivity index (χ1n) is 4.32. The van der Waals surface area contributed by atoms with Crippen molar-refractivity contribution >= 4 is 11.3 Å². The summed E-state index contributed by atoms with van der Waals surface area (Å²) in [5.41, 5.74) is 1.37. The zero-order valence-electron chi connectivity index (χ0n) is 7.44. The molecule has 1 aliphatic rings. The molecule has 0 amide bonds. The van der Waals surface area contributed by atoms with Crippen molar-refractivity contribution in [2.45, 2.75) is 38.5 Å². The molecule has 66 valence electrons. The Balaban J connectivity index is 2.58. The molecule has 0 saturated heterocycles. The van der Waals surface area contributed by atoms with Crippen LogP contribution in [0.3, 0.4) is 0 Å². The molecule has 2 nitrogen and oxygen atoms in total. The van der Waals surface area contributed by atoms with Gasteiger partial charge in [0.15, 0.2) is 0 Å². The number of hydrogen-bond donors (Lipinski definition) is 1. The fourth-order valence-corrected chi connectivity index (χ4v) is 2.95. The molecule has 1 N–H and O–H groups in total. The number of hydrogen-bond acceptors (Lipinski definition) is 2. The van der Waals surface area contributed by atoms with E-state index in [0.717, 1.165) is 6.42 Å². The van der Waals surface area contributed by atoms with Crippen molar-refractivity contribution in [1.29, 1.82) is 0 Å². The minimum absolute atomic E-state index is 0.106. The highest BCUT2D eigenvalue weighted by Crippen LogP contribution is 2.35. The smallest absolute Gasteiger partial charge is 0.304 e. The Kier molecular flexibility index (Phi) is 1.65. The van der Waals surface area contributed by atoms with Gasteiger partial charge in [0, 0.05) is 16.0 Å². The standard InChI is InChI=1S/C9H13NOS/c1-9(2)5-3-4-6-7(9)10-8(11)12-6/h3-5H2,1-2H3,(H,10,11). The molecule has 0 fully saturated rings. The van der Waals surface area contributed by atoms with Crippen molar-refractivity contribution in [2.24, 2.45) is 0 Å². The lowest BCUT2D eigenvalue weighted by molar-refractivity contribution is 0.423. The van der Waals surface area contributed by atoms with E-state index in [-0.39, 0.29) is 10.3 Å². The molecule has 0 atom stereocenters. The molecular formula is C9H13NOS. The van der Waals surface area contributed by atoms with Crippen LogP contribution in [0.15, 0.2) is 4.79 Å². The van der Waals surface area contributed by atoms with E-state index in [9.17, 15) is 4.79 Å². The molecule has 1 aromatic rings. The van der Waals surface area contributed by atoms with Crippen LogP contribution in [-0.2, 0) is 11.8 Å². The lowest BCUT2D eigenvalue weighted by Crippen LogP contribution is -2.23. The maximum Gasteiger partial charge on any atom is 0.304 e. The predicted octanol–water partition coefficient (Wildman–Crippen LogP) is 2.05. The van der Waals surface area contributed by atoms with E-state index in [4.69, 9.17) is 0 Å². The number of aromatic nitrogens is 1. The van der Waals surface area contributed by atoms with E-state index in [1.165, 1.54) is 34.7 Å². The normalized spacial score (nSPS) is 20.5. The van der Waals surface area contributed by atoms with Crippen molar-refractivity contribution in [1.82, 2.24) is 4.98 Å². The second-order valence-corrected chi connectivity index (χ2v) is 5.12. The number of fused-ring (bicyclic) bond motifs is 1. The molecule has 1 heterocycles. The van der Waals surface area contributed by atoms with E-state index in [1.807, 2.05) is 0 Å². The monoisotopic (exact) mass is 183 g/mol. The minimum atomic E-state index is 0.106. The Bertz CT molecular complexity index is 348. The number of aromatic amines is 1. The summed E-state index contributed by atoms with van der Waals surface area (Å²) < 4.78 is 0. The van der Waals surface area contributed by atoms with Gasteiger partial charge < -0.3 is 4.98 Å². The average Bonchev–Trinajstić information content (AvgIpc) is 2.30. The highest BCUT2D eigenvalue weighted by atomic mass is 32.1. The molecule has 3 heteroatoms. The Labute approximate surface area is 75.6 Å². The van der Waals surface area contributed by atoms with Crippen LogP contribution in [0.2, 0.25) is 0 Å². The lowest BCUT2D eigenvalue weighted by atomic mass is 9.79. The van der Waals surface area contributed by atoms with Gasteiger partial charge in [-0.15, -0.1) is 0 Å². The van der Waals surface area contributed by atoms with Crippen molar-refractivity contribution in [2.75, 3.05) is 0 Å². The number of nitrogens with one attached hydrogen (secondary N) is 1. The summed E-state index contributed by atoms with van der Waals surface area (Å²) in [5.74, 6) is 0. The third-order valence-corrected chi connectivity index (χ3v) is 3.55. The molecule has 1 aromatic heterocycles. The van der Waals surface area contributed by atoms with Gasteiger partial charge in [-0.25, -0.2) is 0 Å². The van der Waals surface area contributed by atoms with E-state index in [1.54, 1.807) is 0 Å². The van der Waals surface area contributed by atoms with Gasteiger partial charge in [0.1, 0.15) is 0 Å². The van der Waals surface area contributed by atoms with Crippen molar-refractivity contribution < 1.29 is 0 Å². The Morgan fingerprint density at radius 3 is 2.92 bits per heavy atom. The van der Waals surface area contributed by atoms with Gasteiger partial charge in [-0.2, -0.15) is 0 Å². The van der Waals surface area contributed by atoms with Gasteiger partial charge in [0.2, 0.25) is 0 Å². The largest absolute Gasteiger partial charge is 0.316 e. The molecule has 0 aliphatic heterocycles. The molecule has 0 saturated carbocycles. The second-order valence-electron chi connectivity index (χ2n) is 4.05. The molecule has 12 heavy (non-hydrogen) atoms. The number of rotatable bonds is 0. The summed E-state index contributed by atoms with van der Waals surface area (Å²) in [6.45, 7) is 4.40. The van der Waals surface area contributed by atoms with Gasteiger partial charge in [-0.3, -0.25) is 4.79 Å². The zero-order chi connectivity index (χ0) is 8.77. The third kappa shape index (κ3) is 1.12. The first-order chi connectivity index (χ1) is 5.59. The van der Waals surface area contributed by atoms with Crippen LogP contribution >= 0.6 is 11.3 Å². The Morgan fingerprint density at radius 1 is 1.50 bits per heavy atom. The molecule has 0 unspecified atom stereocenters. The van der Waals surface area contributed by atoms with Crippen molar-refractivity contribution in [3.05, 3.63) is 20.2 Å². The third-order valence-electron chi connectivity index (χ3n) is 2.60. The predicted molar refractivity (Wildman–Crippen MR) is 50.9 cm³/mol. The fraction of sp³-hybridized carbons (Fsp3) is 0.667. The second kappa shape index (κ2) is 2.46. The van der Waals surface area contributed by atoms with Crippen LogP contribution in [0.1, 0.15) is 37.3 Å². The maximum atomic E-state index is 11.1. The lowest BCUT2D eigenvalue weighted by Gasteiger charge is -2.28. The maximum absolute atomic E-state index is 11.1. The van der Waals surface area contributed by atoms with Crippen LogP contribution in [0.5, 0.6) is 0 Å². The zero-order valence-corrected chi connectivity index (χ0v) is 8.25. The number of H-pyrrole nitrogens is 1. The van der Waals surface area contributed by atoms with Crippen molar-refractivity contribution in [3.63, 3.8) is 0 Å². The van der Waals surface area contributed by atoms with Crippen LogP contribution in [-0.4, -0.2) is 4.98 Å². The summed E-state index contributed by atoms with van der Waals surface area (Å²) >= 11 is 1.38. The topological polar surface area (TPSA) is 32.9 Å². The fourth-order valence-electron chi connectivity index (χ4n) is 1.90. The molecule has 2 rings (SSSR count). The molecular weight excluding hydrogens is 170 g/mol. The van der Waals surface area contributed by atoms with Crippen LogP contribution in [0, 0.1) is 0 Å². The van der Waals surface area contributed by atoms with Crippen LogP contribution in [0.25, 0.3) is 0 Å². The Morgan fingerprint density at radius 2 is 2.25 bits per heavy atom. The quantitative estimate of drug-likeness (QED) is 0.656. The molecule has 1 aliphatic carbocycles. The summed E-state index contributed by atoms with van der Waals surface area (Å²) in [4.78, 5) is 15.4. The first kappa shape index (κ1) is 8.05. The molecule has 0 spiro atoms. The summed E-state index contributed by atoms with van der Waals surface area (Å²) in [7, 11) is 0. The van der Waals surface area contributed by atoms with E-state index >= 15 is 0 Å². The number of thiazole rings is 1. The van der Waals surface area contributed by atoms with Gasteiger partial charge in [0.25, 0.3) is 0 Å². The van der Waals surface area contributed by atoms with Crippen LogP contribution in [0.4, 0.5) is 0 Å². The molecule has 0 aromatic carbocycles. The minimum Gasteiger partial charge on any atom is -0.316 e. The van der Waals surface area contributed by atoms with E-state index < -0.39 is 0 Å².